The van der Waals surface area contributed by atoms with Crippen LogP contribution < -0.4 is 16.0 Å². The van der Waals surface area contributed by atoms with Crippen LogP contribution >= 0.6 is 0 Å². The van der Waals surface area contributed by atoms with E-state index in [0.29, 0.717) is 25.3 Å². The minimum atomic E-state index is -0.505. The zero-order valence-electron chi connectivity index (χ0n) is 17.5. The van der Waals surface area contributed by atoms with Crippen molar-refractivity contribution in [3.8, 4) is 0 Å². The number of amides is 2. The van der Waals surface area contributed by atoms with E-state index in [1.807, 2.05) is 12.1 Å². The predicted molar refractivity (Wildman–Crippen MR) is 112 cm³/mol. The first-order chi connectivity index (χ1) is 14.4. The lowest BCUT2D eigenvalue weighted by atomic mass is 9.88. The molecule has 0 aliphatic carbocycles. The molecule has 0 spiro atoms. The molecule has 3 aliphatic rings. The van der Waals surface area contributed by atoms with E-state index < -0.39 is 6.04 Å². The minimum Gasteiger partial charge on any atom is -0.374 e. The number of carbonyl (C=O) groups is 2. The molecule has 2 amide bonds. The largest absolute Gasteiger partial charge is 0.374 e. The van der Waals surface area contributed by atoms with Gasteiger partial charge in [0, 0.05) is 25.2 Å². The molecule has 0 saturated carbocycles. The Hall–Kier alpha value is -2.03. The van der Waals surface area contributed by atoms with E-state index in [1.54, 1.807) is 0 Å². The summed E-state index contributed by atoms with van der Waals surface area (Å²) in [4.78, 5) is 25.6. The standard InChI is InChI=1S/C22H31FN4O3/c1-22(8-9-24-14-30-22)13-27-10-6-15(7-11-27)17-3-2-16(12-18(17)23)25-19-4-5-20(28)26-21(19)29/h2-3,12,15,19,24-25H,4-11,13-14H2,1H3,(H,26,28,29). The monoisotopic (exact) mass is 418 g/mol. The molecule has 164 valence electrons. The van der Waals surface area contributed by atoms with Gasteiger partial charge in [0.1, 0.15) is 11.9 Å². The SMILES string of the molecule is CC1(CN2CCC(c3ccc(NC4CCC(=O)NC4=O)cc3F)CC2)CCNCO1. The summed E-state index contributed by atoms with van der Waals surface area (Å²) < 4.78 is 20.8. The lowest BCUT2D eigenvalue weighted by molar-refractivity contribution is -0.133. The summed E-state index contributed by atoms with van der Waals surface area (Å²) >= 11 is 0. The molecule has 3 saturated heterocycles. The smallest absolute Gasteiger partial charge is 0.249 e. The summed E-state index contributed by atoms with van der Waals surface area (Å²) in [5, 5.41) is 8.58. The van der Waals surface area contributed by atoms with E-state index >= 15 is 0 Å². The number of anilines is 1. The Morgan fingerprint density at radius 2 is 2.07 bits per heavy atom. The van der Waals surface area contributed by atoms with E-state index in [4.69, 9.17) is 4.74 Å². The van der Waals surface area contributed by atoms with Gasteiger partial charge in [-0.05, 0) is 69.3 Å². The van der Waals surface area contributed by atoms with Crippen molar-refractivity contribution >= 4 is 17.5 Å². The van der Waals surface area contributed by atoms with Crippen LogP contribution in [0.25, 0.3) is 0 Å². The van der Waals surface area contributed by atoms with Gasteiger partial charge in [-0.25, -0.2) is 4.39 Å². The van der Waals surface area contributed by atoms with Crippen molar-refractivity contribution in [1.29, 1.82) is 0 Å². The molecule has 7 nitrogen and oxygen atoms in total. The van der Waals surface area contributed by atoms with Crippen molar-refractivity contribution in [2.45, 2.75) is 56.6 Å². The topological polar surface area (TPSA) is 82.7 Å². The van der Waals surface area contributed by atoms with E-state index in [2.05, 4.69) is 27.8 Å². The van der Waals surface area contributed by atoms with Crippen LogP contribution in [0.3, 0.4) is 0 Å². The van der Waals surface area contributed by atoms with Crippen LogP contribution in [0.4, 0.5) is 10.1 Å². The van der Waals surface area contributed by atoms with Crippen LogP contribution in [0.2, 0.25) is 0 Å². The number of nitrogens with one attached hydrogen (secondary N) is 3. The van der Waals surface area contributed by atoms with Gasteiger partial charge < -0.3 is 15.0 Å². The van der Waals surface area contributed by atoms with E-state index in [-0.39, 0.29) is 29.2 Å². The van der Waals surface area contributed by atoms with Gasteiger partial charge in [0.25, 0.3) is 0 Å². The fraction of sp³-hybridized carbons (Fsp3) is 0.636. The molecule has 0 bridgehead atoms. The summed E-state index contributed by atoms with van der Waals surface area (Å²) in [5.41, 5.74) is 1.21. The first kappa shape index (κ1) is 21.2. The molecular formula is C22H31FN4O3. The Morgan fingerprint density at radius 3 is 2.73 bits per heavy atom. The molecule has 3 fully saturated rings. The summed E-state index contributed by atoms with van der Waals surface area (Å²) in [5.74, 6) is -0.645. The number of hydrogen-bond donors (Lipinski definition) is 3. The van der Waals surface area contributed by atoms with E-state index in [1.165, 1.54) is 6.07 Å². The third kappa shape index (κ3) is 4.99. The summed E-state index contributed by atoms with van der Waals surface area (Å²) in [6, 6.07) is 4.63. The van der Waals surface area contributed by atoms with Crippen LogP contribution in [0.5, 0.6) is 0 Å². The normalized spacial score (nSPS) is 28.9. The summed E-state index contributed by atoms with van der Waals surface area (Å²) in [6.45, 7) is 6.56. The quantitative estimate of drug-likeness (QED) is 0.634. The Morgan fingerprint density at radius 1 is 1.27 bits per heavy atom. The number of hydrogen-bond acceptors (Lipinski definition) is 6. The minimum absolute atomic E-state index is 0.104. The zero-order valence-corrected chi connectivity index (χ0v) is 17.5. The number of imide groups is 1. The number of rotatable bonds is 5. The van der Waals surface area contributed by atoms with Crippen LogP contribution in [0.15, 0.2) is 18.2 Å². The van der Waals surface area contributed by atoms with Gasteiger partial charge in [0.05, 0.1) is 12.3 Å². The van der Waals surface area contributed by atoms with E-state index in [9.17, 15) is 14.0 Å². The van der Waals surface area contributed by atoms with Gasteiger partial charge in [0.2, 0.25) is 11.8 Å². The number of carbonyl (C=O) groups excluding carboxylic acids is 2. The highest BCUT2D eigenvalue weighted by Crippen LogP contribution is 2.32. The molecule has 8 heteroatoms. The maximum Gasteiger partial charge on any atom is 0.249 e. The molecule has 2 atom stereocenters. The Balaban J connectivity index is 1.32. The fourth-order valence-corrected chi connectivity index (χ4v) is 4.70. The number of ether oxygens (including phenoxy) is 1. The predicted octanol–water partition coefficient (Wildman–Crippen LogP) is 1.95. The van der Waals surface area contributed by atoms with Crippen molar-refractivity contribution in [3.05, 3.63) is 29.6 Å². The van der Waals surface area contributed by atoms with Gasteiger partial charge in [-0.1, -0.05) is 6.07 Å². The summed E-state index contributed by atoms with van der Waals surface area (Å²) in [6.07, 6.45) is 3.56. The first-order valence-corrected chi connectivity index (χ1v) is 10.9. The Bertz CT molecular complexity index is 789. The van der Waals surface area contributed by atoms with Crippen molar-refractivity contribution in [1.82, 2.24) is 15.5 Å². The molecule has 4 rings (SSSR count). The number of likely N-dealkylation sites (tertiary alicyclic amines) is 1. The average molecular weight is 419 g/mol. The maximum atomic E-state index is 14.8. The molecule has 3 N–H and O–H groups in total. The van der Waals surface area contributed by atoms with Crippen molar-refractivity contribution < 1.29 is 18.7 Å². The first-order valence-electron chi connectivity index (χ1n) is 10.9. The van der Waals surface area contributed by atoms with Crippen LogP contribution in [0.1, 0.15) is 50.5 Å². The van der Waals surface area contributed by atoms with Crippen LogP contribution in [-0.4, -0.2) is 61.3 Å². The van der Waals surface area contributed by atoms with Gasteiger partial charge in [-0.3, -0.25) is 20.2 Å². The molecule has 3 aliphatic heterocycles. The molecular weight excluding hydrogens is 387 g/mol. The average Bonchev–Trinajstić information content (AvgIpc) is 2.71. The second-order valence-electron chi connectivity index (χ2n) is 8.92. The molecule has 3 heterocycles. The number of piperidine rings is 2. The highest BCUT2D eigenvalue weighted by Gasteiger charge is 2.32. The molecule has 0 radical (unpaired) electrons. The lowest BCUT2D eigenvalue weighted by Crippen LogP contribution is -2.51. The Kier molecular flexibility index (Phi) is 6.36. The Labute approximate surface area is 176 Å². The molecule has 2 unspecified atom stereocenters. The number of nitrogens with zero attached hydrogens (tertiary/aromatic N) is 1. The summed E-state index contributed by atoms with van der Waals surface area (Å²) in [7, 11) is 0. The van der Waals surface area contributed by atoms with Crippen molar-refractivity contribution in [2.75, 3.05) is 38.2 Å². The van der Waals surface area contributed by atoms with Gasteiger partial charge >= 0.3 is 0 Å². The second-order valence-corrected chi connectivity index (χ2v) is 8.92. The fourth-order valence-electron chi connectivity index (χ4n) is 4.70. The maximum absolute atomic E-state index is 14.8. The van der Waals surface area contributed by atoms with Gasteiger partial charge in [-0.15, -0.1) is 0 Å². The molecule has 1 aromatic rings. The molecule has 0 aromatic heterocycles. The second kappa shape index (κ2) is 8.99. The zero-order chi connectivity index (χ0) is 21.1. The molecule has 1 aromatic carbocycles. The number of benzene rings is 1. The van der Waals surface area contributed by atoms with E-state index in [0.717, 1.165) is 51.0 Å². The van der Waals surface area contributed by atoms with Crippen LogP contribution in [0, 0.1) is 5.82 Å². The van der Waals surface area contributed by atoms with Crippen molar-refractivity contribution in [3.63, 3.8) is 0 Å². The third-order valence-corrected chi connectivity index (χ3v) is 6.52. The number of halogens is 1. The molecule has 30 heavy (non-hydrogen) atoms. The highest BCUT2D eigenvalue weighted by atomic mass is 19.1. The van der Waals surface area contributed by atoms with Crippen molar-refractivity contribution in [2.24, 2.45) is 0 Å². The highest BCUT2D eigenvalue weighted by molar-refractivity contribution is 6.01. The van der Waals surface area contributed by atoms with Gasteiger partial charge in [0.15, 0.2) is 0 Å². The third-order valence-electron chi connectivity index (χ3n) is 6.52. The van der Waals surface area contributed by atoms with Crippen LogP contribution in [-0.2, 0) is 14.3 Å². The lowest BCUT2D eigenvalue weighted by Gasteiger charge is -2.41. The van der Waals surface area contributed by atoms with Gasteiger partial charge in [-0.2, -0.15) is 0 Å².